The summed E-state index contributed by atoms with van der Waals surface area (Å²) >= 11 is 0. The van der Waals surface area contributed by atoms with E-state index < -0.39 is 15.8 Å². The lowest BCUT2D eigenvalue weighted by Crippen LogP contribution is -2.13. The average molecular weight is 470 g/mol. The molecule has 0 amide bonds. The van der Waals surface area contributed by atoms with Crippen LogP contribution in [0.15, 0.2) is 48.1 Å². The van der Waals surface area contributed by atoms with Crippen molar-refractivity contribution < 1.29 is 17.5 Å². The molecule has 8 nitrogen and oxygen atoms in total. The third-order valence-electron chi connectivity index (χ3n) is 6.15. The highest BCUT2D eigenvalue weighted by Gasteiger charge is 2.31. The minimum Gasteiger partial charge on any atom is -0.488 e. The highest BCUT2D eigenvalue weighted by atomic mass is 32.2. The number of rotatable bonds is 6. The average Bonchev–Trinajstić information content (AvgIpc) is 3.50. The molecule has 0 bridgehead atoms. The Morgan fingerprint density at radius 2 is 2.15 bits per heavy atom. The van der Waals surface area contributed by atoms with E-state index in [0.29, 0.717) is 5.82 Å². The smallest absolute Gasteiger partial charge is 0.241 e. The van der Waals surface area contributed by atoms with Crippen molar-refractivity contribution in [3.05, 3.63) is 65.9 Å². The molecule has 2 atom stereocenters. The van der Waals surface area contributed by atoms with Crippen molar-refractivity contribution in [3.8, 4) is 5.75 Å². The van der Waals surface area contributed by atoms with Crippen LogP contribution >= 0.6 is 0 Å². The van der Waals surface area contributed by atoms with Crippen LogP contribution in [-0.4, -0.2) is 29.7 Å². The number of nitrogens with zero attached hydrogens (tertiary/aromatic N) is 2. The first-order valence-electron chi connectivity index (χ1n) is 10.7. The van der Waals surface area contributed by atoms with Crippen molar-refractivity contribution >= 4 is 27.1 Å². The first-order chi connectivity index (χ1) is 15.8. The molecule has 3 N–H and O–H groups in total. The maximum Gasteiger partial charge on any atom is 0.241 e. The highest BCUT2D eigenvalue weighted by Crippen LogP contribution is 2.38. The summed E-state index contributed by atoms with van der Waals surface area (Å²) in [5.74, 6) is 0.858. The maximum atomic E-state index is 14.8. The van der Waals surface area contributed by atoms with Gasteiger partial charge in [-0.2, -0.15) is 5.10 Å². The van der Waals surface area contributed by atoms with E-state index in [0.717, 1.165) is 41.8 Å². The zero-order chi connectivity index (χ0) is 23.2. The maximum absolute atomic E-state index is 14.8. The quantitative estimate of drug-likeness (QED) is 0.499. The van der Waals surface area contributed by atoms with Crippen LogP contribution in [0.4, 0.5) is 15.9 Å². The molecule has 172 valence electrons. The van der Waals surface area contributed by atoms with Crippen molar-refractivity contribution in [3.63, 3.8) is 0 Å². The third-order valence-corrected chi connectivity index (χ3v) is 7.64. The monoisotopic (exact) mass is 469 g/mol. The number of aromatic amines is 1. The number of anilines is 2. The van der Waals surface area contributed by atoms with Gasteiger partial charge >= 0.3 is 0 Å². The number of allylic oxidation sites excluding steroid dienone is 1. The Labute approximate surface area is 191 Å². The molecule has 0 saturated heterocycles. The van der Waals surface area contributed by atoms with Gasteiger partial charge in [0.2, 0.25) is 10.0 Å². The summed E-state index contributed by atoms with van der Waals surface area (Å²) < 4.78 is 47.1. The van der Waals surface area contributed by atoms with Gasteiger partial charge in [0.25, 0.3) is 0 Å². The Morgan fingerprint density at radius 1 is 1.30 bits per heavy atom. The van der Waals surface area contributed by atoms with Crippen molar-refractivity contribution in [1.29, 1.82) is 0 Å². The second-order valence-electron chi connectivity index (χ2n) is 8.46. The second kappa shape index (κ2) is 8.27. The van der Waals surface area contributed by atoms with Gasteiger partial charge in [-0.3, -0.25) is 10.1 Å². The molecule has 1 aliphatic heterocycles. The molecule has 0 spiro atoms. The molecule has 1 fully saturated rings. The Bertz CT molecular complexity index is 1340. The highest BCUT2D eigenvalue weighted by molar-refractivity contribution is 7.89. The van der Waals surface area contributed by atoms with Crippen LogP contribution in [0, 0.1) is 5.82 Å². The Morgan fingerprint density at radius 3 is 2.97 bits per heavy atom. The van der Waals surface area contributed by atoms with Gasteiger partial charge in [-0.1, -0.05) is 6.58 Å². The van der Waals surface area contributed by atoms with E-state index in [1.54, 1.807) is 12.4 Å². The van der Waals surface area contributed by atoms with Crippen LogP contribution in [0.5, 0.6) is 5.75 Å². The fraction of sp³-hybridized carbons (Fsp3) is 0.304. The summed E-state index contributed by atoms with van der Waals surface area (Å²) in [7, 11) is -3.62. The van der Waals surface area contributed by atoms with Gasteiger partial charge in [-0.15, -0.1) is 0 Å². The molecule has 3 aromatic rings. The molecule has 5 rings (SSSR count). The van der Waals surface area contributed by atoms with Crippen molar-refractivity contribution in [2.24, 2.45) is 0 Å². The van der Waals surface area contributed by atoms with E-state index in [-0.39, 0.29) is 34.7 Å². The molecule has 1 aromatic carbocycles. The number of sulfonamides is 1. The second-order valence-corrected chi connectivity index (χ2v) is 10.2. The summed E-state index contributed by atoms with van der Waals surface area (Å²) in [5, 5.41) is 10.3. The van der Waals surface area contributed by atoms with E-state index in [2.05, 4.69) is 31.8 Å². The lowest BCUT2D eigenvalue weighted by Gasteiger charge is -2.16. The van der Waals surface area contributed by atoms with Crippen molar-refractivity contribution in [1.82, 2.24) is 19.9 Å². The van der Waals surface area contributed by atoms with E-state index in [1.165, 1.54) is 12.1 Å². The molecule has 3 heterocycles. The largest absolute Gasteiger partial charge is 0.488 e. The number of fused-ring (bicyclic) bond motifs is 1. The number of hydrogen-bond donors (Lipinski definition) is 3. The molecule has 10 heteroatoms. The summed E-state index contributed by atoms with van der Waals surface area (Å²) in [5.41, 5.74) is 3.15. The van der Waals surface area contributed by atoms with Gasteiger partial charge in [-0.25, -0.2) is 17.5 Å². The van der Waals surface area contributed by atoms with Gasteiger partial charge in [0, 0.05) is 41.5 Å². The molecular formula is C23H24FN5O3S. The predicted octanol–water partition coefficient (Wildman–Crippen LogP) is 4.23. The first-order valence-corrected chi connectivity index (χ1v) is 12.2. The van der Waals surface area contributed by atoms with Crippen LogP contribution in [0.2, 0.25) is 0 Å². The van der Waals surface area contributed by atoms with Crippen LogP contribution in [0.3, 0.4) is 0 Å². The lowest BCUT2D eigenvalue weighted by molar-refractivity contribution is 0.206. The number of nitrogens with one attached hydrogen (secondary N) is 3. The number of aromatic nitrogens is 3. The van der Waals surface area contributed by atoms with Crippen LogP contribution in [0.1, 0.15) is 48.9 Å². The molecule has 0 unspecified atom stereocenters. The molecular weight excluding hydrogens is 445 g/mol. The van der Waals surface area contributed by atoms with E-state index in [1.807, 2.05) is 19.1 Å². The fourth-order valence-electron chi connectivity index (χ4n) is 4.44. The molecule has 2 aliphatic rings. The third kappa shape index (κ3) is 4.11. The minimum absolute atomic E-state index is 0.0197. The van der Waals surface area contributed by atoms with Crippen LogP contribution < -0.4 is 14.8 Å². The van der Waals surface area contributed by atoms with Crippen LogP contribution in [-0.2, 0) is 16.6 Å². The normalized spacial score (nSPS) is 21.0. The standard InChI is InChI=1S/C23H24FN5O3S/c1-13(2)16-7-8-25-12-20(16)32-15-4-3-14(9-15)19-10-22(29-28-19)27-18-5-6-21-17(23(18)24)11-26-33(21,30)31/h5-8,10,12,14-15,26H,1,3-4,9,11H2,2H3,(H2,27,28,29)/t14-,15+/m0/s1. The first kappa shape index (κ1) is 21.6. The van der Waals surface area contributed by atoms with E-state index in [9.17, 15) is 12.8 Å². The Hall–Kier alpha value is -3.24. The van der Waals surface area contributed by atoms with Gasteiger partial charge in [0.05, 0.1) is 22.9 Å². The van der Waals surface area contributed by atoms with Gasteiger partial charge in [0.15, 0.2) is 11.6 Å². The number of pyridine rings is 1. The Kier molecular flexibility index (Phi) is 5.41. The zero-order valence-electron chi connectivity index (χ0n) is 18.1. The number of H-pyrrole nitrogens is 1. The fourth-order valence-corrected chi connectivity index (χ4v) is 5.67. The molecule has 1 aliphatic carbocycles. The number of halogens is 1. The van der Waals surface area contributed by atoms with Gasteiger partial charge in [0.1, 0.15) is 5.75 Å². The topological polar surface area (TPSA) is 109 Å². The molecule has 33 heavy (non-hydrogen) atoms. The summed E-state index contributed by atoms with van der Waals surface area (Å²) in [4.78, 5) is 4.15. The SMILES string of the molecule is C=C(C)c1ccncc1O[C@@H]1CC[C@H](c2cc(Nc3ccc4c(c3F)CNS4(=O)=O)n[nH]2)C1. The minimum atomic E-state index is -3.62. The molecule has 2 aromatic heterocycles. The van der Waals surface area contributed by atoms with Crippen LogP contribution in [0.25, 0.3) is 5.57 Å². The van der Waals surface area contributed by atoms with E-state index >= 15 is 0 Å². The summed E-state index contributed by atoms with van der Waals surface area (Å²) in [6, 6.07) is 6.58. The molecule has 0 radical (unpaired) electrons. The zero-order valence-corrected chi connectivity index (χ0v) is 18.9. The lowest BCUT2D eigenvalue weighted by atomic mass is 10.0. The summed E-state index contributed by atoms with van der Waals surface area (Å²) in [6.07, 6.45) is 6.17. The summed E-state index contributed by atoms with van der Waals surface area (Å²) in [6.45, 7) is 5.89. The molecule has 1 saturated carbocycles. The predicted molar refractivity (Wildman–Crippen MR) is 122 cm³/mol. The van der Waals surface area contributed by atoms with Gasteiger partial charge < -0.3 is 10.1 Å². The van der Waals surface area contributed by atoms with Crippen molar-refractivity contribution in [2.45, 2.75) is 49.6 Å². The van der Waals surface area contributed by atoms with Crippen molar-refractivity contribution in [2.75, 3.05) is 5.32 Å². The number of benzene rings is 1. The van der Waals surface area contributed by atoms with Gasteiger partial charge in [-0.05, 0) is 50.0 Å². The van der Waals surface area contributed by atoms with E-state index in [4.69, 9.17) is 4.74 Å². The number of ether oxygens (including phenoxy) is 1. The Balaban J connectivity index is 1.26. The number of hydrogen-bond acceptors (Lipinski definition) is 6.